The second-order valence-electron chi connectivity index (χ2n) is 7.23. The molecule has 1 saturated carbocycles. The molecule has 1 aliphatic carbocycles. The molecule has 0 bridgehead atoms. The van der Waals surface area contributed by atoms with E-state index in [9.17, 15) is 0 Å². The molecule has 0 aliphatic heterocycles. The first-order chi connectivity index (χ1) is 9.85. The number of ether oxygens (including phenoxy) is 2. The Balaban J connectivity index is 1.96. The molecular weight excluding hydrogens is 264 g/mol. The predicted molar refractivity (Wildman–Crippen MR) is 85.6 cm³/mol. The Hall–Kier alpha value is -1.45. The fourth-order valence-electron chi connectivity index (χ4n) is 2.52. The molecule has 1 heterocycles. The summed E-state index contributed by atoms with van der Waals surface area (Å²) in [6, 6.07) is 3.64. The van der Waals surface area contributed by atoms with Crippen LogP contribution in [0.4, 0.5) is 5.69 Å². The number of hydrogen-bond donors (Lipinski definition) is 1. The Kier molecular flexibility index (Phi) is 4.96. The Labute approximate surface area is 128 Å². The van der Waals surface area contributed by atoms with Crippen LogP contribution in [0.1, 0.15) is 53.4 Å². The predicted octanol–water partition coefficient (Wildman–Crippen LogP) is 4.05. The lowest BCUT2D eigenvalue weighted by molar-refractivity contribution is 0.0940. The van der Waals surface area contributed by atoms with Crippen molar-refractivity contribution in [1.29, 1.82) is 0 Å². The number of nitrogen functional groups attached to an aromatic ring is 1. The molecule has 0 unspecified atom stereocenters. The van der Waals surface area contributed by atoms with Crippen LogP contribution in [0.2, 0.25) is 0 Å². The van der Waals surface area contributed by atoms with Gasteiger partial charge in [0.05, 0.1) is 12.3 Å². The fraction of sp³-hybridized carbons (Fsp3) is 0.706. The van der Waals surface area contributed by atoms with Gasteiger partial charge in [-0.3, -0.25) is 0 Å². The summed E-state index contributed by atoms with van der Waals surface area (Å²) in [7, 11) is 0. The lowest BCUT2D eigenvalue weighted by Crippen LogP contribution is -2.28. The highest BCUT2D eigenvalue weighted by Gasteiger charge is 2.28. The number of hydrogen-bond acceptors (Lipinski definition) is 4. The van der Waals surface area contributed by atoms with Crippen molar-refractivity contribution in [1.82, 2.24) is 4.98 Å². The molecule has 0 atom stereocenters. The molecular formula is C17H28N2O2. The summed E-state index contributed by atoms with van der Waals surface area (Å²) in [6.07, 6.45) is 4.82. The lowest BCUT2D eigenvalue weighted by atomic mass is 9.76. The molecule has 0 amide bonds. The van der Waals surface area contributed by atoms with E-state index in [-0.39, 0.29) is 6.10 Å². The largest absolute Gasteiger partial charge is 0.476 e. The molecule has 0 radical (unpaired) electrons. The molecule has 0 saturated heterocycles. The molecule has 0 spiro atoms. The van der Waals surface area contributed by atoms with E-state index in [1.807, 2.05) is 12.1 Å². The number of nitrogens with two attached hydrogens (primary N) is 1. The minimum Gasteiger partial charge on any atom is -0.476 e. The van der Waals surface area contributed by atoms with Crippen LogP contribution in [0.25, 0.3) is 0 Å². The van der Waals surface area contributed by atoms with Gasteiger partial charge in [-0.05, 0) is 43.1 Å². The van der Waals surface area contributed by atoms with E-state index in [4.69, 9.17) is 15.2 Å². The van der Waals surface area contributed by atoms with Crippen molar-refractivity contribution in [3.05, 3.63) is 12.1 Å². The van der Waals surface area contributed by atoms with Crippen molar-refractivity contribution in [2.45, 2.75) is 59.5 Å². The van der Waals surface area contributed by atoms with Gasteiger partial charge in [0.25, 0.3) is 0 Å². The van der Waals surface area contributed by atoms with Gasteiger partial charge in [-0.1, -0.05) is 27.7 Å². The van der Waals surface area contributed by atoms with E-state index < -0.39 is 0 Å². The van der Waals surface area contributed by atoms with Crippen molar-refractivity contribution < 1.29 is 9.47 Å². The second kappa shape index (κ2) is 6.54. The quantitative estimate of drug-likeness (QED) is 0.889. The number of pyridine rings is 1. The maximum atomic E-state index is 6.00. The monoisotopic (exact) mass is 292 g/mol. The zero-order valence-corrected chi connectivity index (χ0v) is 13.7. The summed E-state index contributed by atoms with van der Waals surface area (Å²) >= 11 is 0. The Morgan fingerprint density at radius 3 is 2.57 bits per heavy atom. The first-order valence-corrected chi connectivity index (χ1v) is 7.92. The van der Waals surface area contributed by atoms with Crippen molar-refractivity contribution >= 4 is 5.69 Å². The third kappa shape index (κ3) is 4.80. The molecule has 21 heavy (non-hydrogen) atoms. The van der Waals surface area contributed by atoms with Crippen LogP contribution in [0.5, 0.6) is 11.8 Å². The second-order valence-corrected chi connectivity index (χ2v) is 7.23. The summed E-state index contributed by atoms with van der Waals surface area (Å²) in [4.78, 5) is 4.41. The molecule has 2 N–H and O–H groups in total. The van der Waals surface area contributed by atoms with E-state index >= 15 is 0 Å². The Morgan fingerprint density at radius 1 is 1.29 bits per heavy atom. The van der Waals surface area contributed by atoms with Gasteiger partial charge >= 0.3 is 0 Å². The standard InChI is InChI=1S/C17H28N2O2/c1-12(2)11-20-16-14(18)5-6-15(19-16)21-13-7-9-17(3,4)10-8-13/h5-6,12-13H,7-11,18H2,1-4H3. The van der Waals surface area contributed by atoms with E-state index in [0.29, 0.717) is 35.4 Å². The number of anilines is 1. The van der Waals surface area contributed by atoms with Gasteiger partial charge in [0.1, 0.15) is 6.10 Å². The minimum absolute atomic E-state index is 0.257. The van der Waals surface area contributed by atoms with Crippen LogP contribution in [0.3, 0.4) is 0 Å². The number of aromatic nitrogens is 1. The molecule has 118 valence electrons. The van der Waals surface area contributed by atoms with Gasteiger partial charge in [0.2, 0.25) is 11.8 Å². The van der Waals surface area contributed by atoms with Gasteiger partial charge in [-0.15, -0.1) is 0 Å². The molecule has 1 aromatic rings. The lowest BCUT2D eigenvalue weighted by Gasteiger charge is -2.34. The van der Waals surface area contributed by atoms with E-state index in [1.165, 1.54) is 12.8 Å². The zero-order valence-electron chi connectivity index (χ0n) is 13.7. The van der Waals surface area contributed by atoms with Crippen LogP contribution in [0, 0.1) is 11.3 Å². The van der Waals surface area contributed by atoms with Crippen molar-refractivity contribution in [2.24, 2.45) is 11.3 Å². The molecule has 1 fully saturated rings. The average Bonchev–Trinajstić information content (AvgIpc) is 2.41. The van der Waals surface area contributed by atoms with Gasteiger partial charge in [0.15, 0.2) is 0 Å². The van der Waals surface area contributed by atoms with Crippen molar-refractivity contribution in [3.8, 4) is 11.8 Å². The number of nitrogens with zero attached hydrogens (tertiary/aromatic N) is 1. The molecule has 1 aromatic heterocycles. The van der Waals surface area contributed by atoms with Crippen LogP contribution in [-0.2, 0) is 0 Å². The maximum Gasteiger partial charge on any atom is 0.240 e. The number of rotatable bonds is 5. The summed E-state index contributed by atoms with van der Waals surface area (Å²) in [5, 5.41) is 0. The van der Waals surface area contributed by atoms with Gasteiger partial charge in [0, 0.05) is 6.07 Å². The van der Waals surface area contributed by atoms with Gasteiger partial charge in [-0.2, -0.15) is 4.98 Å². The molecule has 0 aromatic carbocycles. The fourth-order valence-corrected chi connectivity index (χ4v) is 2.52. The smallest absolute Gasteiger partial charge is 0.240 e. The van der Waals surface area contributed by atoms with E-state index in [1.54, 1.807) is 0 Å². The molecule has 4 heteroatoms. The van der Waals surface area contributed by atoms with E-state index in [2.05, 4.69) is 32.7 Å². The average molecular weight is 292 g/mol. The van der Waals surface area contributed by atoms with Crippen LogP contribution < -0.4 is 15.2 Å². The first kappa shape index (κ1) is 15.9. The highest BCUT2D eigenvalue weighted by Crippen LogP contribution is 2.36. The Morgan fingerprint density at radius 2 is 1.95 bits per heavy atom. The minimum atomic E-state index is 0.257. The van der Waals surface area contributed by atoms with Gasteiger partial charge in [-0.25, -0.2) is 0 Å². The third-order valence-electron chi connectivity index (χ3n) is 3.99. The Bertz CT molecular complexity index is 462. The molecule has 1 aliphatic rings. The maximum absolute atomic E-state index is 6.00. The summed E-state index contributed by atoms with van der Waals surface area (Å²) in [5.74, 6) is 1.54. The van der Waals surface area contributed by atoms with Crippen molar-refractivity contribution in [2.75, 3.05) is 12.3 Å². The first-order valence-electron chi connectivity index (χ1n) is 7.92. The van der Waals surface area contributed by atoms with Crippen molar-refractivity contribution in [3.63, 3.8) is 0 Å². The van der Waals surface area contributed by atoms with Gasteiger partial charge < -0.3 is 15.2 Å². The summed E-state index contributed by atoms with van der Waals surface area (Å²) in [5.41, 5.74) is 6.91. The van der Waals surface area contributed by atoms with Crippen LogP contribution >= 0.6 is 0 Å². The molecule has 4 nitrogen and oxygen atoms in total. The zero-order chi connectivity index (χ0) is 15.5. The summed E-state index contributed by atoms with van der Waals surface area (Å²) < 4.78 is 11.6. The highest BCUT2D eigenvalue weighted by atomic mass is 16.5. The highest BCUT2D eigenvalue weighted by molar-refractivity contribution is 5.49. The van der Waals surface area contributed by atoms with E-state index in [0.717, 1.165) is 12.8 Å². The summed E-state index contributed by atoms with van der Waals surface area (Å²) in [6.45, 7) is 9.45. The van der Waals surface area contributed by atoms with Crippen LogP contribution in [0.15, 0.2) is 12.1 Å². The topological polar surface area (TPSA) is 57.4 Å². The van der Waals surface area contributed by atoms with Crippen LogP contribution in [-0.4, -0.2) is 17.7 Å². The normalized spacial score (nSPS) is 18.7. The SMILES string of the molecule is CC(C)COc1nc(OC2CCC(C)(C)CC2)ccc1N. The molecule has 2 rings (SSSR count). The third-order valence-corrected chi connectivity index (χ3v) is 3.99.